The molecule has 0 fully saturated rings. The maximum absolute atomic E-state index is 3.58. The summed E-state index contributed by atoms with van der Waals surface area (Å²) in [5.41, 5.74) is 0.800. The zero-order valence-electron chi connectivity index (χ0n) is 20.0. The van der Waals surface area contributed by atoms with Gasteiger partial charge in [0.25, 0.3) is 0 Å². The molecule has 0 unspecified atom stereocenters. The summed E-state index contributed by atoms with van der Waals surface area (Å²) in [4.78, 5) is 2.60. The van der Waals surface area contributed by atoms with E-state index in [0.29, 0.717) is 5.41 Å². The molecule has 5 heteroatoms. The van der Waals surface area contributed by atoms with Crippen LogP contribution in [-0.4, -0.2) is 74.9 Å². The molecule has 4 N–H and O–H groups in total. The van der Waals surface area contributed by atoms with Crippen LogP contribution < -0.4 is 21.3 Å². The minimum atomic E-state index is 0.202. The second-order valence-electron chi connectivity index (χ2n) is 11.0. The van der Waals surface area contributed by atoms with Gasteiger partial charge >= 0.3 is 0 Å². The number of hydrogen-bond donors (Lipinski definition) is 4. The Hall–Kier alpha value is -0.200. The lowest BCUT2D eigenvalue weighted by atomic mass is 9.92. The van der Waals surface area contributed by atoms with Crippen LogP contribution >= 0.6 is 0 Å². The first kappa shape index (κ1) is 26.8. The second-order valence-corrected chi connectivity index (χ2v) is 11.0. The smallest absolute Gasteiger partial charge is 0.0107 e. The summed E-state index contributed by atoms with van der Waals surface area (Å²) in [5.74, 6) is 0. The molecule has 0 atom stereocenters. The first-order valence-corrected chi connectivity index (χ1v) is 10.9. The lowest BCUT2D eigenvalue weighted by Crippen LogP contribution is -2.43. The topological polar surface area (TPSA) is 51.4 Å². The van der Waals surface area contributed by atoms with E-state index in [4.69, 9.17) is 0 Å². The monoisotopic (exact) mass is 385 g/mol. The van der Waals surface area contributed by atoms with Crippen molar-refractivity contribution >= 4 is 0 Å². The highest BCUT2D eigenvalue weighted by molar-refractivity contribution is 4.72. The Morgan fingerprint density at radius 3 is 1.26 bits per heavy atom. The van der Waals surface area contributed by atoms with Crippen molar-refractivity contribution in [3.63, 3.8) is 0 Å². The number of hydrogen-bond acceptors (Lipinski definition) is 5. The van der Waals surface area contributed by atoms with Gasteiger partial charge < -0.3 is 26.2 Å². The van der Waals surface area contributed by atoms with E-state index in [1.165, 1.54) is 13.0 Å². The molecule has 0 amide bonds. The molecule has 0 aliphatic carbocycles. The summed E-state index contributed by atoms with van der Waals surface area (Å²) in [7, 11) is 0. The molecule has 0 saturated heterocycles. The fourth-order valence-electron chi connectivity index (χ4n) is 2.61. The Labute approximate surface area is 170 Å². The highest BCUT2D eigenvalue weighted by Crippen LogP contribution is 2.18. The predicted molar refractivity (Wildman–Crippen MR) is 122 cm³/mol. The average molecular weight is 386 g/mol. The van der Waals surface area contributed by atoms with Crippen LogP contribution in [-0.2, 0) is 0 Å². The second kappa shape index (κ2) is 13.1. The Kier molecular flexibility index (Phi) is 13.0. The SMILES string of the molecule is CC(C)(C)CCN(CCNCCNC(C)(C)C)CCNCCNC(C)(C)C. The Morgan fingerprint density at radius 1 is 0.519 bits per heavy atom. The maximum Gasteiger partial charge on any atom is 0.0107 e. The molecule has 0 spiro atoms. The van der Waals surface area contributed by atoms with Crippen molar-refractivity contribution < 1.29 is 0 Å². The van der Waals surface area contributed by atoms with Crippen molar-refractivity contribution in [1.29, 1.82) is 0 Å². The molecule has 0 aliphatic heterocycles. The van der Waals surface area contributed by atoms with Gasteiger partial charge in [0.1, 0.15) is 0 Å². The van der Waals surface area contributed by atoms with Gasteiger partial charge in [-0.3, -0.25) is 0 Å². The van der Waals surface area contributed by atoms with Crippen LogP contribution in [0.15, 0.2) is 0 Å². The van der Waals surface area contributed by atoms with Crippen molar-refractivity contribution in [2.24, 2.45) is 5.41 Å². The molecule has 0 aromatic carbocycles. The van der Waals surface area contributed by atoms with E-state index in [9.17, 15) is 0 Å². The Balaban J connectivity index is 4.00. The van der Waals surface area contributed by atoms with Gasteiger partial charge in [-0.2, -0.15) is 0 Å². The fourth-order valence-corrected chi connectivity index (χ4v) is 2.61. The predicted octanol–water partition coefficient (Wildman–Crippen LogP) is 2.68. The van der Waals surface area contributed by atoms with Crippen molar-refractivity contribution in [1.82, 2.24) is 26.2 Å². The van der Waals surface area contributed by atoms with Crippen LogP contribution in [0.1, 0.15) is 68.7 Å². The van der Waals surface area contributed by atoms with Gasteiger partial charge in [0.05, 0.1) is 0 Å². The molecule has 0 aromatic heterocycles. The van der Waals surface area contributed by atoms with Gasteiger partial charge in [0.2, 0.25) is 0 Å². The van der Waals surface area contributed by atoms with Gasteiger partial charge in [-0.1, -0.05) is 20.8 Å². The van der Waals surface area contributed by atoms with Gasteiger partial charge in [0, 0.05) is 63.4 Å². The zero-order valence-corrected chi connectivity index (χ0v) is 20.0. The third-order valence-corrected chi connectivity index (χ3v) is 4.30. The van der Waals surface area contributed by atoms with Crippen molar-refractivity contribution in [2.75, 3.05) is 58.9 Å². The van der Waals surface area contributed by atoms with Crippen LogP contribution in [0.5, 0.6) is 0 Å². The normalized spacial score (nSPS) is 13.6. The molecule has 0 rings (SSSR count). The van der Waals surface area contributed by atoms with Gasteiger partial charge in [-0.15, -0.1) is 0 Å². The number of nitrogens with one attached hydrogen (secondary N) is 4. The summed E-state index contributed by atoms with van der Waals surface area (Å²) >= 11 is 0. The Bertz CT molecular complexity index is 323. The highest BCUT2D eigenvalue weighted by Gasteiger charge is 2.13. The summed E-state index contributed by atoms with van der Waals surface area (Å²) in [6.07, 6.45) is 1.24. The first-order valence-electron chi connectivity index (χ1n) is 10.9. The largest absolute Gasteiger partial charge is 0.314 e. The quantitative estimate of drug-likeness (QED) is 0.346. The molecule has 0 saturated carbocycles. The minimum Gasteiger partial charge on any atom is -0.314 e. The van der Waals surface area contributed by atoms with Crippen molar-refractivity contribution in [3.8, 4) is 0 Å². The first-order chi connectivity index (χ1) is 12.3. The van der Waals surface area contributed by atoms with Crippen LogP contribution in [0.25, 0.3) is 0 Å². The maximum atomic E-state index is 3.58. The number of nitrogens with zero attached hydrogens (tertiary/aromatic N) is 1. The molecule has 27 heavy (non-hydrogen) atoms. The molecule has 0 bridgehead atoms. The highest BCUT2D eigenvalue weighted by atomic mass is 15.2. The lowest BCUT2D eigenvalue weighted by Gasteiger charge is -2.27. The average Bonchev–Trinajstić information content (AvgIpc) is 2.47. The third-order valence-electron chi connectivity index (χ3n) is 4.30. The van der Waals surface area contributed by atoms with Crippen LogP contribution in [0.4, 0.5) is 0 Å². The van der Waals surface area contributed by atoms with E-state index in [2.05, 4.69) is 88.5 Å². The van der Waals surface area contributed by atoms with E-state index in [1.807, 2.05) is 0 Å². The summed E-state index contributed by atoms with van der Waals surface area (Å²) in [6, 6.07) is 0. The lowest BCUT2D eigenvalue weighted by molar-refractivity contribution is 0.227. The molecular formula is C22H51N5. The van der Waals surface area contributed by atoms with Crippen LogP contribution in [0, 0.1) is 5.41 Å². The molecule has 0 heterocycles. The standard InChI is InChI=1S/C22H51N5/c1-20(2,3)10-17-27(18-15-23-11-13-25-21(4,5)6)19-16-24-12-14-26-22(7,8)9/h23-26H,10-19H2,1-9H3. The number of rotatable bonds is 14. The summed E-state index contributed by atoms with van der Waals surface area (Å²) in [5, 5.41) is 14.2. The summed E-state index contributed by atoms with van der Waals surface area (Å²) < 4.78 is 0. The summed E-state index contributed by atoms with van der Waals surface area (Å²) in [6.45, 7) is 29.9. The molecule has 0 aromatic rings. The van der Waals surface area contributed by atoms with E-state index in [0.717, 1.165) is 52.4 Å². The molecule has 0 radical (unpaired) electrons. The van der Waals surface area contributed by atoms with E-state index >= 15 is 0 Å². The van der Waals surface area contributed by atoms with Gasteiger partial charge in [0.15, 0.2) is 0 Å². The third kappa shape index (κ3) is 22.0. The molecule has 5 nitrogen and oxygen atoms in total. The Morgan fingerprint density at radius 2 is 0.926 bits per heavy atom. The van der Waals surface area contributed by atoms with Crippen LogP contribution in [0.2, 0.25) is 0 Å². The zero-order chi connectivity index (χ0) is 21.0. The van der Waals surface area contributed by atoms with Gasteiger partial charge in [-0.05, 0) is 59.9 Å². The van der Waals surface area contributed by atoms with Crippen molar-refractivity contribution in [2.45, 2.75) is 79.8 Å². The molecule has 0 aliphatic rings. The molecular weight excluding hydrogens is 334 g/mol. The van der Waals surface area contributed by atoms with E-state index < -0.39 is 0 Å². The molecule has 164 valence electrons. The van der Waals surface area contributed by atoms with E-state index in [1.54, 1.807) is 0 Å². The van der Waals surface area contributed by atoms with E-state index in [-0.39, 0.29) is 11.1 Å². The minimum absolute atomic E-state index is 0.202. The fraction of sp³-hybridized carbons (Fsp3) is 1.00. The van der Waals surface area contributed by atoms with Crippen molar-refractivity contribution in [3.05, 3.63) is 0 Å². The van der Waals surface area contributed by atoms with Crippen LogP contribution in [0.3, 0.4) is 0 Å². The van der Waals surface area contributed by atoms with Gasteiger partial charge in [-0.25, -0.2) is 0 Å².